The van der Waals surface area contributed by atoms with Gasteiger partial charge in [-0.05, 0) is 37.1 Å². The Bertz CT molecular complexity index is 302. The van der Waals surface area contributed by atoms with Gasteiger partial charge >= 0.3 is 0 Å². The maximum atomic E-state index is 10.3. The average Bonchev–Trinajstić information content (AvgIpc) is 2.19. The van der Waals surface area contributed by atoms with Gasteiger partial charge in [0, 0.05) is 6.54 Å². The number of nitrogens with one attached hydrogen (secondary N) is 1. The summed E-state index contributed by atoms with van der Waals surface area (Å²) in [6, 6.07) is 6.79. The number of rotatable bonds is 1. The Labute approximate surface area is 83.4 Å². The van der Waals surface area contributed by atoms with Crippen LogP contribution in [0.3, 0.4) is 0 Å². The molecule has 1 aliphatic heterocycles. The number of hydrogen-bond acceptors (Lipinski definition) is 3. The fourth-order valence-corrected chi connectivity index (χ4v) is 1.91. The molecule has 1 aliphatic rings. The smallest absolute Gasteiger partial charge is 0.115 e. The van der Waals surface area contributed by atoms with Crippen LogP contribution in [0.1, 0.15) is 18.4 Å². The van der Waals surface area contributed by atoms with Crippen LogP contribution >= 0.6 is 0 Å². The molecule has 3 nitrogen and oxygen atoms in total. The highest BCUT2D eigenvalue weighted by atomic mass is 16.3. The summed E-state index contributed by atoms with van der Waals surface area (Å²) in [6.07, 6.45) is 1.77. The van der Waals surface area contributed by atoms with Gasteiger partial charge in [-0.2, -0.15) is 0 Å². The van der Waals surface area contributed by atoms with Gasteiger partial charge in [0.05, 0.1) is 0 Å². The zero-order valence-corrected chi connectivity index (χ0v) is 8.03. The van der Waals surface area contributed by atoms with E-state index in [9.17, 15) is 5.11 Å². The quantitative estimate of drug-likeness (QED) is 0.622. The number of β-amino-alcohol motifs (C(OH)–C–C–N with tert-alkyl or cyclic N) is 1. The normalized spacial score (nSPS) is 27.5. The Morgan fingerprint density at radius 1 is 1.21 bits per heavy atom. The molecule has 76 valence electrons. The zero-order valence-electron chi connectivity index (χ0n) is 8.03. The molecule has 0 aliphatic carbocycles. The lowest BCUT2D eigenvalue weighted by Gasteiger charge is -2.33. The highest BCUT2D eigenvalue weighted by molar-refractivity contribution is 5.30. The summed E-state index contributed by atoms with van der Waals surface area (Å²) >= 11 is 0. The molecule has 0 radical (unpaired) electrons. The van der Waals surface area contributed by atoms with Crippen molar-refractivity contribution >= 4 is 0 Å². The second-order valence-corrected chi connectivity index (χ2v) is 3.86. The minimum Gasteiger partial charge on any atom is -0.508 e. The van der Waals surface area contributed by atoms with Gasteiger partial charge in [-0.1, -0.05) is 12.1 Å². The Balaban J connectivity index is 2.23. The van der Waals surface area contributed by atoms with E-state index in [1.54, 1.807) is 24.3 Å². The van der Waals surface area contributed by atoms with E-state index in [4.69, 9.17) is 5.11 Å². The molecule has 1 aromatic rings. The summed E-state index contributed by atoms with van der Waals surface area (Å²) in [5, 5.41) is 22.6. The first-order chi connectivity index (χ1) is 6.71. The summed E-state index contributed by atoms with van der Waals surface area (Å²) in [5.41, 5.74) is 0.119. The van der Waals surface area contributed by atoms with E-state index in [2.05, 4.69) is 5.32 Å². The summed E-state index contributed by atoms with van der Waals surface area (Å²) in [6.45, 7) is 1.57. The molecule has 1 atom stereocenters. The highest BCUT2D eigenvalue weighted by Gasteiger charge is 2.30. The number of aliphatic hydroxyl groups is 1. The Morgan fingerprint density at radius 2 is 1.93 bits per heavy atom. The maximum absolute atomic E-state index is 10.3. The topological polar surface area (TPSA) is 52.5 Å². The van der Waals surface area contributed by atoms with E-state index in [-0.39, 0.29) is 5.75 Å². The van der Waals surface area contributed by atoms with Crippen LogP contribution in [-0.4, -0.2) is 23.3 Å². The third-order valence-corrected chi connectivity index (χ3v) is 2.77. The highest BCUT2D eigenvalue weighted by Crippen LogP contribution is 2.29. The van der Waals surface area contributed by atoms with Crippen molar-refractivity contribution in [1.29, 1.82) is 0 Å². The first kappa shape index (κ1) is 9.49. The Morgan fingerprint density at radius 3 is 2.50 bits per heavy atom. The van der Waals surface area contributed by atoms with Gasteiger partial charge in [0.2, 0.25) is 0 Å². The molecule has 0 bridgehead atoms. The Kier molecular flexibility index (Phi) is 2.44. The van der Waals surface area contributed by atoms with Gasteiger partial charge in [0.1, 0.15) is 11.4 Å². The molecule has 1 aromatic carbocycles. The fourth-order valence-electron chi connectivity index (χ4n) is 1.91. The SMILES string of the molecule is Oc1ccc(C2(O)CCCNC2)cc1. The van der Waals surface area contributed by atoms with Crippen LogP contribution in [0.2, 0.25) is 0 Å². The van der Waals surface area contributed by atoms with E-state index in [1.807, 2.05) is 0 Å². The van der Waals surface area contributed by atoms with Crippen molar-refractivity contribution < 1.29 is 10.2 Å². The number of phenols is 1. The molecule has 3 N–H and O–H groups in total. The van der Waals surface area contributed by atoms with Crippen molar-refractivity contribution in [3.8, 4) is 5.75 Å². The second-order valence-electron chi connectivity index (χ2n) is 3.86. The molecule has 0 saturated carbocycles. The summed E-state index contributed by atoms with van der Waals surface area (Å²) in [7, 11) is 0. The standard InChI is InChI=1S/C11H15NO2/c13-10-4-2-9(3-5-10)11(14)6-1-7-12-8-11/h2-5,12-14H,1,6-8H2. The molecule has 1 unspecified atom stereocenters. The van der Waals surface area contributed by atoms with Crippen molar-refractivity contribution in [2.24, 2.45) is 0 Å². The Hall–Kier alpha value is -1.06. The minimum atomic E-state index is -0.758. The van der Waals surface area contributed by atoms with E-state index in [0.29, 0.717) is 6.54 Å². The largest absolute Gasteiger partial charge is 0.508 e. The van der Waals surface area contributed by atoms with Crippen molar-refractivity contribution in [2.75, 3.05) is 13.1 Å². The van der Waals surface area contributed by atoms with Crippen LogP contribution in [0.4, 0.5) is 0 Å². The predicted molar refractivity (Wildman–Crippen MR) is 54.1 cm³/mol. The summed E-state index contributed by atoms with van der Waals surface area (Å²) in [4.78, 5) is 0. The molecule has 1 heterocycles. The molecular formula is C11H15NO2. The second kappa shape index (κ2) is 3.59. The van der Waals surface area contributed by atoms with Crippen molar-refractivity contribution in [1.82, 2.24) is 5.32 Å². The first-order valence-corrected chi connectivity index (χ1v) is 4.93. The molecule has 3 heteroatoms. The predicted octanol–water partition coefficient (Wildman–Crippen LogP) is 0.963. The van der Waals surface area contributed by atoms with Gasteiger partial charge in [0.25, 0.3) is 0 Å². The molecule has 14 heavy (non-hydrogen) atoms. The van der Waals surface area contributed by atoms with E-state index < -0.39 is 5.60 Å². The van der Waals surface area contributed by atoms with E-state index >= 15 is 0 Å². The van der Waals surface area contributed by atoms with E-state index in [0.717, 1.165) is 24.9 Å². The van der Waals surface area contributed by atoms with Crippen molar-refractivity contribution in [3.05, 3.63) is 29.8 Å². The number of piperidine rings is 1. The number of aromatic hydroxyl groups is 1. The van der Waals surface area contributed by atoms with Crippen LogP contribution in [0.25, 0.3) is 0 Å². The molecule has 2 rings (SSSR count). The van der Waals surface area contributed by atoms with Crippen molar-refractivity contribution in [2.45, 2.75) is 18.4 Å². The van der Waals surface area contributed by atoms with Gasteiger partial charge in [-0.3, -0.25) is 0 Å². The zero-order chi connectivity index (χ0) is 10.0. The molecule has 0 spiro atoms. The first-order valence-electron chi connectivity index (χ1n) is 4.93. The molecule has 0 aromatic heterocycles. The monoisotopic (exact) mass is 193 g/mol. The van der Waals surface area contributed by atoms with Crippen LogP contribution in [0, 0.1) is 0 Å². The van der Waals surface area contributed by atoms with Gasteiger partial charge in [0.15, 0.2) is 0 Å². The van der Waals surface area contributed by atoms with Gasteiger partial charge < -0.3 is 15.5 Å². The van der Waals surface area contributed by atoms with Crippen LogP contribution in [-0.2, 0) is 5.60 Å². The third kappa shape index (κ3) is 1.74. The maximum Gasteiger partial charge on any atom is 0.115 e. The lowest BCUT2D eigenvalue weighted by atomic mass is 9.87. The number of hydrogen-bond donors (Lipinski definition) is 3. The van der Waals surface area contributed by atoms with Crippen LogP contribution in [0.15, 0.2) is 24.3 Å². The van der Waals surface area contributed by atoms with Crippen LogP contribution < -0.4 is 5.32 Å². The fraction of sp³-hybridized carbons (Fsp3) is 0.455. The lowest BCUT2D eigenvalue weighted by molar-refractivity contribution is 0.0123. The van der Waals surface area contributed by atoms with Crippen molar-refractivity contribution in [3.63, 3.8) is 0 Å². The molecule has 1 fully saturated rings. The summed E-state index contributed by atoms with van der Waals surface area (Å²) < 4.78 is 0. The molecule has 1 saturated heterocycles. The minimum absolute atomic E-state index is 0.237. The van der Waals surface area contributed by atoms with E-state index in [1.165, 1.54) is 0 Å². The van der Waals surface area contributed by atoms with Gasteiger partial charge in [-0.15, -0.1) is 0 Å². The number of benzene rings is 1. The average molecular weight is 193 g/mol. The summed E-state index contributed by atoms with van der Waals surface area (Å²) in [5.74, 6) is 0.237. The lowest BCUT2D eigenvalue weighted by Crippen LogP contribution is -2.43. The van der Waals surface area contributed by atoms with Gasteiger partial charge in [-0.25, -0.2) is 0 Å². The number of phenolic OH excluding ortho intramolecular Hbond substituents is 1. The third-order valence-electron chi connectivity index (χ3n) is 2.77. The molecule has 0 amide bonds. The molecular weight excluding hydrogens is 178 g/mol. The van der Waals surface area contributed by atoms with Crippen LogP contribution in [0.5, 0.6) is 5.75 Å².